The first kappa shape index (κ1) is 18.5. The van der Waals surface area contributed by atoms with E-state index >= 15 is 0 Å². The highest BCUT2D eigenvalue weighted by Crippen LogP contribution is 2.20. The summed E-state index contributed by atoms with van der Waals surface area (Å²) in [4.78, 5) is 24.1. The van der Waals surface area contributed by atoms with Crippen molar-refractivity contribution in [3.63, 3.8) is 0 Å². The number of nitrogens with one attached hydrogen (secondary N) is 1. The van der Waals surface area contributed by atoms with Crippen LogP contribution in [0.5, 0.6) is 5.75 Å². The van der Waals surface area contributed by atoms with Gasteiger partial charge in [0.15, 0.2) is 0 Å². The predicted molar refractivity (Wildman–Crippen MR) is 99.0 cm³/mol. The van der Waals surface area contributed by atoms with Crippen molar-refractivity contribution < 1.29 is 14.3 Å². The van der Waals surface area contributed by atoms with Gasteiger partial charge in [-0.2, -0.15) is 0 Å². The predicted octanol–water partition coefficient (Wildman–Crippen LogP) is 3.05. The van der Waals surface area contributed by atoms with Crippen LogP contribution < -0.4 is 15.8 Å². The first-order valence-electron chi connectivity index (χ1n) is 7.08. The van der Waals surface area contributed by atoms with Gasteiger partial charge < -0.3 is 15.8 Å². The number of ether oxygens (including phenoxy) is 1. The fraction of sp³-hybridized carbons (Fsp3) is 0.176. The minimum atomic E-state index is -0.817. The van der Waals surface area contributed by atoms with Gasteiger partial charge in [0.1, 0.15) is 11.8 Å². The Bertz CT molecular complexity index is 745. The molecule has 0 saturated heterocycles. The van der Waals surface area contributed by atoms with E-state index in [2.05, 4.69) is 37.2 Å². The smallest absolute Gasteiger partial charge is 0.252 e. The normalized spacial score (nSPS) is 11.6. The Morgan fingerprint density at radius 1 is 1.17 bits per heavy atom. The molecule has 0 heterocycles. The van der Waals surface area contributed by atoms with Crippen LogP contribution in [0.25, 0.3) is 0 Å². The van der Waals surface area contributed by atoms with Crippen LogP contribution in [0.15, 0.2) is 51.4 Å². The molecular formula is C17H16Br2N2O3. The summed E-state index contributed by atoms with van der Waals surface area (Å²) in [7, 11) is 1.57. The molecule has 2 aromatic rings. The minimum Gasteiger partial charge on any atom is -0.497 e. The van der Waals surface area contributed by atoms with Gasteiger partial charge in [-0.05, 0) is 35.9 Å². The molecule has 0 fully saturated rings. The molecule has 3 N–H and O–H groups in total. The van der Waals surface area contributed by atoms with Crippen molar-refractivity contribution in [3.05, 3.63) is 62.5 Å². The molecule has 0 bridgehead atoms. The van der Waals surface area contributed by atoms with Gasteiger partial charge in [-0.1, -0.05) is 44.0 Å². The maximum absolute atomic E-state index is 12.4. The van der Waals surface area contributed by atoms with E-state index in [9.17, 15) is 9.59 Å². The Labute approximate surface area is 156 Å². The fourth-order valence-electron chi connectivity index (χ4n) is 2.18. The number of carbonyl (C=O) groups excluding carboxylic acids is 2. The first-order chi connectivity index (χ1) is 11.4. The topological polar surface area (TPSA) is 81.4 Å². The number of carbonyl (C=O) groups is 2. The summed E-state index contributed by atoms with van der Waals surface area (Å²) < 4.78 is 6.67. The number of methoxy groups -OCH3 is 1. The summed E-state index contributed by atoms with van der Waals surface area (Å²) in [5.74, 6) is -0.290. The number of nitrogens with two attached hydrogens (primary N) is 1. The lowest BCUT2D eigenvalue weighted by molar-refractivity contribution is -0.119. The molecule has 0 aliphatic rings. The number of hydrogen-bond donors (Lipinski definition) is 2. The van der Waals surface area contributed by atoms with Crippen LogP contribution in [0, 0.1) is 0 Å². The lowest BCUT2D eigenvalue weighted by atomic mass is 10.0. The van der Waals surface area contributed by atoms with E-state index in [1.54, 1.807) is 31.4 Å². The van der Waals surface area contributed by atoms with Crippen molar-refractivity contribution in [2.75, 3.05) is 7.11 Å². The fourth-order valence-corrected chi connectivity index (χ4v) is 3.48. The summed E-state index contributed by atoms with van der Waals surface area (Å²) in [5, 5.41) is 2.68. The molecule has 2 rings (SSSR count). The molecule has 24 heavy (non-hydrogen) atoms. The molecular weight excluding hydrogens is 440 g/mol. The number of rotatable bonds is 6. The van der Waals surface area contributed by atoms with Crippen molar-refractivity contribution in [2.24, 2.45) is 5.73 Å². The van der Waals surface area contributed by atoms with Gasteiger partial charge in [0, 0.05) is 20.9 Å². The van der Waals surface area contributed by atoms with E-state index in [1.807, 2.05) is 18.2 Å². The highest BCUT2D eigenvalue weighted by Gasteiger charge is 2.20. The van der Waals surface area contributed by atoms with Crippen molar-refractivity contribution in [3.8, 4) is 5.75 Å². The first-order valence-corrected chi connectivity index (χ1v) is 8.67. The van der Waals surface area contributed by atoms with Gasteiger partial charge in [0.05, 0.1) is 7.11 Å². The molecule has 0 saturated carbocycles. The second-order valence-corrected chi connectivity index (χ2v) is 6.97. The summed E-state index contributed by atoms with van der Waals surface area (Å²) in [5.41, 5.74) is 6.70. The van der Waals surface area contributed by atoms with Crippen molar-refractivity contribution >= 4 is 43.7 Å². The third-order valence-electron chi connectivity index (χ3n) is 3.35. The van der Waals surface area contributed by atoms with Gasteiger partial charge in [0.25, 0.3) is 5.91 Å². The Hall–Kier alpha value is -1.86. The SMILES string of the molecule is COc1cccc(C[C@@H](NC(=O)c2cc(Br)cc(Br)c2)C(N)=O)c1. The summed E-state index contributed by atoms with van der Waals surface area (Å²) in [6, 6.07) is 11.6. The zero-order valence-corrected chi connectivity index (χ0v) is 16.1. The van der Waals surface area contributed by atoms with Crippen molar-refractivity contribution in [2.45, 2.75) is 12.5 Å². The average Bonchev–Trinajstić information content (AvgIpc) is 2.53. The maximum Gasteiger partial charge on any atom is 0.252 e. The molecule has 0 aliphatic heterocycles. The molecule has 0 unspecified atom stereocenters. The maximum atomic E-state index is 12.4. The monoisotopic (exact) mass is 454 g/mol. The van der Waals surface area contributed by atoms with Crippen molar-refractivity contribution in [1.82, 2.24) is 5.32 Å². The highest BCUT2D eigenvalue weighted by molar-refractivity contribution is 9.11. The van der Waals surface area contributed by atoms with E-state index in [0.717, 1.165) is 14.5 Å². The minimum absolute atomic E-state index is 0.285. The van der Waals surface area contributed by atoms with E-state index in [1.165, 1.54) is 0 Å². The Kier molecular flexibility index (Phi) is 6.39. The van der Waals surface area contributed by atoms with Crippen LogP contribution in [0.1, 0.15) is 15.9 Å². The molecule has 2 amide bonds. The van der Waals surface area contributed by atoms with E-state index in [0.29, 0.717) is 11.3 Å². The number of hydrogen-bond acceptors (Lipinski definition) is 3. The average molecular weight is 456 g/mol. The van der Waals surface area contributed by atoms with Crippen LogP contribution in [0.3, 0.4) is 0 Å². The van der Waals surface area contributed by atoms with E-state index in [-0.39, 0.29) is 12.3 Å². The quantitative estimate of drug-likeness (QED) is 0.702. The third kappa shape index (κ3) is 5.07. The van der Waals surface area contributed by atoms with E-state index in [4.69, 9.17) is 10.5 Å². The molecule has 0 aromatic heterocycles. The number of primary amides is 1. The largest absolute Gasteiger partial charge is 0.497 e. The Balaban J connectivity index is 2.15. The standard InChI is InChI=1S/C17H16Br2N2O3/c1-24-14-4-2-3-10(5-14)6-15(16(20)22)21-17(23)11-7-12(18)9-13(19)8-11/h2-5,7-9,15H,6H2,1H3,(H2,20,22)(H,21,23)/t15-/m1/s1. The van der Waals surface area contributed by atoms with Crippen LogP contribution in [0.4, 0.5) is 0 Å². The zero-order valence-electron chi connectivity index (χ0n) is 12.9. The second kappa shape index (κ2) is 8.30. The Morgan fingerprint density at radius 3 is 2.42 bits per heavy atom. The van der Waals surface area contributed by atoms with Crippen LogP contribution in [-0.4, -0.2) is 25.0 Å². The molecule has 0 radical (unpaired) electrons. The zero-order chi connectivity index (χ0) is 17.7. The van der Waals surface area contributed by atoms with Gasteiger partial charge in [-0.15, -0.1) is 0 Å². The van der Waals surface area contributed by atoms with Crippen LogP contribution >= 0.6 is 31.9 Å². The van der Waals surface area contributed by atoms with Crippen LogP contribution in [-0.2, 0) is 11.2 Å². The summed E-state index contributed by atoms with van der Waals surface area (Å²) >= 11 is 6.66. The number of halogens is 2. The lowest BCUT2D eigenvalue weighted by Crippen LogP contribution is -2.45. The third-order valence-corrected chi connectivity index (χ3v) is 4.26. The van der Waals surface area contributed by atoms with Gasteiger partial charge in [-0.3, -0.25) is 9.59 Å². The molecule has 2 aromatic carbocycles. The van der Waals surface area contributed by atoms with Gasteiger partial charge in [-0.25, -0.2) is 0 Å². The van der Waals surface area contributed by atoms with Gasteiger partial charge in [0.2, 0.25) is 5.91 Å². The molecule has 0 aliphatic carbocycles. The molecule has 0 spiro atoms. The number of benzene rings is 2. The summed E-state index contributed by atoms with van der Waals surface area (Å²) in [6.07, 6.45) is 0.285. The molecule has 126 valence electrons. The second-order valence-electron chi connectivity index (χ2n) is 5.14. The number of amides is 2. The lowest BCUT2D eigenvalue weighted by Gasteiger charge is -2.16. The summed E-state index contributed by atoms with van der Waals surface area (Å²) in [6.45, 7) is 0. The Morgan fingerprint density at radius 2 is 1.83 bits per heavy atom. The highest BCUT2D eigenvalue weighted by atomic mass is 79.9. The van der Waals surface area contributed by atoms with Crippen LogP contribution in [0.2, 0.25) is 0 Å². The molecule has 1 atom stereocenters. The van der Waals surface area contributed by atoms with Gasteiger partial charge >= 0.3 is 0 Å². The van der Waals surface area contributed by atoms with Crippen molar-refractivity contribution in [1.29, 1.82) is 0 Å². The van der Waals surface area contributed by atoms with E-state index < -0.39 is 11.9 Å². The molecule has 7 heteroatoms. The molecule has 5 nitrogen and oxygen atoms in total.